The van der Waals surface area contributed by atoms with Gasteiger partial charge in [0.1, 0.15) is 6.61 Å². The Morgan fingerprint density at radius 2 is 1.59 bits per heavy atom. The third-order valence-corrected chi connectivity index (χ3v) is 7.07. The standard InChI is InChI=1S/C27H32N2O5/c1-18(15-24(30)31)29-25(32)27(13-7-2-8-14-27)17-28-26(33)34-16-23-21-11-5-3-9-19(21)20-10-4-6-12-22(20)23/h3-6,9-12,18,23H,2,7-8,13-17H2,1H3,(H,28,33)(H,29,32)(H,30,31). The number of amides is 2. The second-order valence-electron chi connectivity index (χ2n) is 9.49. The SMILES string of the molecule is CC(CC(=O)O)NC(=O)C1(CNC(=O)OCC2c3ccccc3-c3ccccc32)CCCCC1. The molecule has 1 unspecified atom stereocenters. The monoisotopic (exact) mass is 464 g/mol. The van der Waals surface area contributed by atoms with E-state index in [1.807, 2.05) is 24.3 Å². The van der Waals surface area contributed by atoms with E-state index in [-0.39, 0.29) is 31.4 Å². The number of carbonyl (C=O) groups is 3. The third kappa shape index (κ3) is 5.08. The minimum Gasteiger partial charge on any atom is -0.481 e. The number of aliphatic carboxylic acids is 1. The van der Waals surface area contributed by atoms with Crippen molar-refractivity contribution in [1.82, 2.24) is 10.6 Å². The molecule has 0 radical (unpaired) electrons. The summed E-state index contributed by atoms with van der Waals surface area (Å²) in [5, 5.41) is 14.6. The Balaban J connectivity index is 1.38. The molecule has 180 valence electrons. The molecular formula is C27H32N2O5. The van der Waals surface area contributed by atoms with Gasteiger partial charge >= 0.3 is 12.1 Å². The normalized spacial score (nSPS) is 17.2. The van der Waals surface area contributed by atoms with Crippen molar-refractivity contribution in [3.05, 3.63) is 59.7 Å². The Morgan fingerprint density at radius 1 is 1.00 bits per heavy atom. The molecule has 2 amide bonds. The third-order valence-electron chi connectivity index (χ3n) is 7.07. The molecule has 2 aliphatic rings. The number of hydrogen-bond donors (Lipinski definition) is 3. The summed E-state index contributed by atoms with van der Waals surface area (Å²) in [4.78, 5) is 36.7. The molecule has 4 rings (SSSR count). The lowest BCUT2D eigenvalue weighted by Gasteiger charge is -2.36. The molecule has 1 saturated carbocycles. The Labute approximate surface area is 199 Å². The molecule has 0 spiro atoms. The molecule has 2 aromatic rings. The summed E-state index contributed by atoms with van der Waals surface area (Å²) in [6, 6.07) is 15.9. The van der Waals surface area contributed by atoms with Crippen LogP contribution in [0.1, 0.15) is 62.5 Å². The lowest BCUT2D eigenvalue weighted by Crippen LogP contribution is -2.51. The first-order valence-electron chi connectivity index (χ1n) is 12.0. The number of alkyl carbamates (subject to hydrolysis) is 1. The fourth-order valence-electron chi connectivity index (χ4n) is 5.29. The number of carbonyl (C=O) groups excluding carboxylic acids is 2. The van der Waals surface area contributed by atoms with Gasteiger partial charge < -0.3 is 20.5 Å². The molecule has 0 aromatic heterocycles. The average Bonchev–Trinajstić information content (AvgIpc) is 3.15. The van der Waals surface area contributed by atoms with Crippen molar-refractivity contribution in [2.24, 2.45) is 5.41 Å². The van der Waals surface area contributed by atoms with Crippen LogP contribution in [0.3, 0.4) is 0 Å². The van der Waals surface area contributed by atoms with E-state index in [0.717, 1.165) is 30.4 Å². The second-order valence-corrected chi connectivity index (χ2v) is 9.49. The van der Waals surface area contributed by atoms with Gasteiger partial charge in [0.05, 0.1) is 11.8 Å². The summed E-state index contributed by atoms with van der Waals surface area (Å²) in [6.45, 7) is 2.07. The van der Waals surface area contributed by atoms with Crippen LogP contribution in [-0.2, 0) is 14.3 Å². The minimum absolute atomic E-state index is 0.0260. The van der Waals surface area contributed by atoms with Crippen LogP contribution in [0.25, 0.3) is 11.1 Å². The molecule has 1 fully saturated rings. The van der Waals surface area contributed by atoms with Crippen molar-refractivity contribution < 1.29 is 24.2 Å². The molecular weight excluding hydrogens is 432 g/mol. The summed E-state index contributed by atoms with van der Waals surface area (Å²) in [5.41, 5.74) is 3.89. The maximum Gasteiger partial charge on any atom is 0.407 e. The number of rotatable bonds is 8. The van der Waals surface area contributed by atoms with E-state index in [1.165, 1.54) is 11.1 Å². The first-order chi connectivity index (χ1) is 16.4. The van der Waals surface area contributed by atoms with Gasteiger partial charge in [0.25, 0.3) is 0 Å². The van der Waals surface area contributed by atoms with Crippen LogP contribution in [-0.4, -0.2) is 42.3 Å². The Hall–Kier alpha value is -3.35. The van der Waals surface area contributed by atoms with E-state index in [9.17, 15) is 14.4 Å². The minimum atomic E-state index is -0.956. The zero-order chi connectivity index (χ0) is 24.1. The van der Waals surface area contributed by atoms with Crippen molar-refractivity contribution in [3.8, 4) is 11.1 Å². The van der Waals surface area contributed by atoms with E-state index in [2.05, 4.69) is 34.9 Å². The molecule has 0 saturated heterocycles. The number of carboxylic acid groups (broad SMARTS) is 1. The lowest BCUT2D eigenvalue weighted by molar-refractivity contribution is -0.138. The second kappa shape index (κ2) is 10.3. The number of nitrogens with one attached hydrogen (secondary N) is 2. The van der Waals surface area contributed by atoms with Crippen molar-refractivity contribution in [3.63, 3.8) is 0 Å². The van der Waals surface area contributed by atoms with Gasteiger partial charge in [0.15, 0.2) is 0 Å². The molecule has 7 heteroatoms. The number of fused-ring (bicyclic) bond motifs is 3. The highest BCUT2D eigenvalue weighted by atomic mass is 16.5. The Morgan fingerprint density at radius 3 is 2.18 bits per heavy atom. The summed E-state index contributed by atoms with van der Waals surface area (Å²) >= 11 is 0. The van der Waals surface area contributed by atoms with E-state index in [4.69, 9.17) is 9.84 Å². The molecule has 0 bridgehead atoms. The number of benzene rings is 2. The largest absolute Gasteiger partial charge is 0.481 e. The fraction of sp³-hybridized carbons (Fsp3) is 0.444. The number of ether oxygens (including phenoxy) is 1. The Kier molecular flexibility index (Phi) is 7.20. The predicted octanol–water partition coefficient (Wildman–Crippen LogP) is 4.46. The van der Waals surface area contributed by atoms with Gasteiger partial charge in [0, 0.05) is 18.5 Å². The lowest BCUT2D eigenvalue weighted by atomic mass is 9.73. The van der Waals surface area contributed by atoms with Crippen LogP contribution >= 0.6 is 0 Å². The smallest absolute Gasteiger partial charge is 0.407 e. The Bertz CT molecular complexity index is 1010. The van der Waals surface area contributed by atoms with Crippen LogP contribution < -0.4 is 10.6 Å². The molecule has 0 heterocycles. The fourth-order valence-corrected chi connectivity index (χ4v) is 5.29. The van der Waals surface area contributed by atoms with Gasteiger partial charge in [0.2, 0.25) is 5.91 Å². The van der Waals surface area contributed by atoms with Crippen molar-refractivity contribution >= 4 is 18.0 Å². The van der Waals surface area contributed by atoms with Gasteiger partial charge in [-0.05, 0) is 42.0 Å². The first kappa shape index (κ1) is 23.8. The van der Waals surface area contributed by atoms with Crippen molar-refractivity contribution in [1.29, 1.82) is 0 Å². The number of carboxylic acids is 1. The zero-order valence-corrected chi connectivity index (χ0v) is 19.5. The predicted molar refractivity (Wildman–Crippen MR) is 128 cm³/mol. The van der Waals surface area contributed by atoms with Crippen LogP contribution in [0.15, 0.2) is 48.5 Å². The van der Waals surface area contributed by atoms with Crippen molar-refractivity contribution in [2.45, 2.75) is 57.4 Å². The van der Waals surface area contributed by atoms with E-state index in [1.54, 1.807) is 6.92 Å². The molecule has 2 aliphatic carbocycles. The average molecular weight is 465 g/mol. The maximum atomic E-state index is 13.1. The summed E-state index contributed by atoms with van der Waals surface area (Å²) in [6.07, 6.45) is 3.47. The maximum absolute atomic E-state index is 13.1. The van der Waals surface area contributed by atoms with Gasteiger partial charge in [-0.25, -0.2) is 4.79 Å². The van der Waals surface area contributed by atoms with E-state index >= 15 is 0 Å². The summed E-state index contributed by atoms with van der Waals surface area (Å²) in [5.74, 6) is -1.18. The van der Waals surface area contributed by atoms with Gasteiger partial charge in [-0.1, -0.05) is 67.8 Å². The molecule has 7 nitrogen and oxygen atoms in total. The first-order valence-corrected chi connectivity index (χ1v) is 12.0. The van der Waals surface area contributed by atoms with Crippen molar-refractivity contribution in [2.75, 3.05) is 13.2 Å². The zero-order valence-electron chi connectivity index (χ0n) is 19.5. The highest BCUT2D eigenvalue weighted by Gasteiger charge is 2.40. The topological polar surface area (TPSA) is 105 Å². The highest BCUT2D eigenvalue weighted by Crippen LogP contribution is 2.44. The van der Waals surface area contributed by atoms with Gasteiger partial charge in [-0.2, -0.15) is 0 Å². The van der Waals surface area contributed by atoms with Gasteiger partial charge in [-0.3, -0.25) is 9.59 Å². The van der Waals surface area contributed by atoms with Crippen LogP contribution in [0, 0.1) is 5.41 Å². The van der Waals surface area contributed by atoms with E-state index in [0.29, 0.717) is 12.8 Å². The molecule has 0 aliphatic heterocycles. The van der Waals surface area contributed by atoms with Crippen LogP contribution in [0.5, 0.6) is 0 Å². The summed E-state index contributed by atoms with van der Waals surface area (Å²) < 4.78 is 5.63. The molecule has 34 heavy (non-hydrogen) atoms. The van der Waals surface area contributed by atoms with E-state index < -0.39 is 23.5 Å². The molecule has 3 N–H and O–H groups in total. The quantitative estimate of drug-likeness (QED) is 0.535. The van der Waals surface area contributed by atoms with Gasteiger partial charge in [-0.15, -0.1) is 0 Å². The highest BCUT2D eigenvalue weighted by molar-refractivity contribution is 5.84. The number of hydrogen-bond acceptors (Lipinski definition) is 4. The van der Waals surface area contributed by atoms with Crippen LogP contribution in [0.4, 0.5) is 4.79 Å². The van der Waals surface area contributed by atoms with Crippen LogP contribution in [0.2, 0.25) is 0 Å². The molecule has 2 aromatic carbocycles. The summed E-state index contributed by atoms with van der Waals surface area (Å²) in [7, 11) is 0. The molecule has 1 atom stereocenters.